The molecular formula is C12H12F3NO2. The predicted molar refractivity (Wildman–Crippen MR) is 58.2 cm³/mol. The lowest BCUT2D eigenvalue weighted by molar-refractivity contribution is -0.139. The molecule has 0 saturated carbocycles. The summed E-state index contributed by atoms with van der Waals surface area (Å²) in [5.41, 5.74) is -0.0931. The van der Waals surface area contributed by atoms with Crippen LogP contribution in [0.15, 0.2) is 24.3 Å². The van der Waals surface area contributed by atoms with E-state index in [1.807, 2.05) is 0 Å². The highest BCUT2D eigenvalue weighted by atomic mass is 19.4. The molecule has 1 aromatic carbocycles. The maximum absolute atomic E-state index is 12.4. The zero-order chi connectivity index (χ0) is 13.3. The average molecular weight is 259 g/mol. The van der Waals surface area contributed by atoms with E-state index in [9.17, 15) is 18.0 Å². The third kappa shape index (κ3) is 2.48. The Morgan fingerprint density at radius 3 is 2.39 bits per heavy atom. The van der Waals surface area contributed by atoms with Gasteiger partial charge < -0.3 is 10.4 Å². The van der Waals surface area contributed by atoms with E-state index in [0.717, 1.165) is 12.1 Å². The Labute approximate surface area is 102 Å². The van der Waals surface area contributed by atoms with Crippen LogP contribution >= 0.6 is 0 Å². The van der Waals surface area contributed by atoms with Crippen LogP contribution in [0.25, 0.3) is 0 Å². The molecule has 98 valence electrons. The Hall–Kier alpha value is -1.56. The first kappa shape index (κ1) is 12.9. The van der Waals surface area contributed by atoms with Gasteiger partial charge in [0, 0.05) is 5.92 Å². The van der Waals surface area contributed by atoms with Gasteiger partial charge in [-0.15, -0.1) is 0 Å². The molecule has 1 heterocycles. The first-order chi connectivity index (χ1) is 8.39. The Kier molecular flexibility index (Phi) is 3.30. The number of halogens is 3. The van der Waals surface area contributed by atoms with Crippen LogP contribution in [-0.4, -0.2) is 23.7 Å². The number of hydrogen-bond acceptors (Lipinski definition) is 2. The van der Waals surface area contributed by atoms with Crippen LogP contribution in [0.3, 0.4) is 0 Å². The van der Waals surface area contributed by atoms with Crippen LogP contribution in [0, 0.1) is 0 Å². The van der Waals surface area contributed by atoms with Gasteiger partial charge in [0.15, 0.2) is 0 Å². The molecule has 1 aliphatic rings. The second kappa shape index (κ2) is 4.61. The number of nitrogens with one attached hydrogen (secondary N) is 1. The quantitative estimate of drug-likeness (QED) is 0.856. The molecular weight excluding hydrogens is 247 g/mol. The molecule has 3 nitrogen and oxygen atoms in total. The third-order valence-corrected chi connectivity index (χ3v) is 3.15. The topological polar surface area (TPSA) is 49.3 Å². The summed E-state index contributed by atoms with van der Waals surface area (Å²) in [5, 5.41) is 11.8. The maximum Gasteiger partial charge on any atom is 0.416 e. The van der Waals surface area contributed by atoms with Gasteiger partial charge in [0.05, 0.1) is 5.56 Å². The summed E-state index contributed by atoms with van der Waals surface area (Å²) in [6, 6.07) is 3.98. The van der Waals surface area contributed by atoms with Gasteiger partial charge in [0.1, 0.15) is 6.04 Å². The van der Waals surface area contributed by atoms with Crippen molar-refractivity contribution in [3.8, 4) is 0 Å². The number of benzene rings is 1. The fourth-order valence-corrected chi connectivity index (χ4v) is 2.24. The summed E-state index contributed by atoms with van der Waals surface area (Å²) < 4.78 is 37.2. The van der Waals surface area contributed by atoms with Gasteiger partial charge in [0.25, 0.3) is 0 Å². The number of carboxylic acids is 1. The lowest BCUT2D eigenvalue weighted by Gasteiger charge is -2.16. The summed E-state index contributed by atoms with van der Waals surface area (Å²) >= 11 is 0. The molecule has 18 heavy (non-hydrogen) atoms. The van der Waals surface area contributed by atoms with E-state index in [-0.39, 0.29) is 5.92 Å². The van der Waals surface area contributed by atoms with Crippen molar-refractivity contribution >= 4 is 5.97 Å². The van der Waals surface area contributed by atoms with Crippen molar-refractivity contribution in [2.24, 2.45) is 0 Å². The third-order valence-electron chi connectivity index (χ3n) is 3.15. The highest BCUT2D eigenvalue weighted by molar-refractivity contribution is 5.75. The number of aliphatic carboxylic acids is 1. The van der Waals surface area contributed by atoms with E-state index in [0.29, 0.717) is 18.5 Å². The van der Waals surface area contributed by atoms with Crippen LogP contribution in [0.1, 0.15) is 23.5 Å². The summed E-state index contributed by atoms with van der Waals surface area (Å²) in [4.78, 5) is 11.0. The molecule has 0 aromatic heterocycles. The second-order valence-electron chi connectivity index (χ2n) is 4.28. The standard InChI is InChI=1S/C12H12F3NO2/c13-12(14,15)8-3-1-7(2-4-8)9-5-6-16-10(9)11(17)18/h1-4,9-10,16H,5-6H2,(H,17,18)/t9-,10-/m1/s1. The SMILES string of the molecule is O=C(O)[C@@H]1NCC[C@@H]1c1ccc(C(F)(F)F)cc1. The molecule has 1 fully saturated rings. The normalized spacial score (nSPS) is 24.2. The number of rotatable bonds is 2. The van der Waals surface area contributed by atoms with Gasteiger partial charge in [0.2, 0.25) is 0 Å². The minimum atomic E-state index is -4.36. The zero-order valence-electron chi connectivity index (χ0n) is 9.37. The largest absolute Gasteiger partial charge is 0.480 e. The van der Waals surface area contributed by atoms with Crippen LogP contribution in [0.4, 0.5) is 13.2 Å². The highest BCUT2D eigenvalue weighted by Gasteiger charge is 2.35. The minimum absolute atomic E-state index is 0.273. The number of hydrogen-bond donors (Lipinski definition) is 2. The zero-order valence-corrected chi connectivity index (χ0v) is 9.37. The summed E-state index contributed by atoms with van der Waals surface area (Å²) in [6.45, 7) is 0.558. The van der Waals surface area contributed by atoms with Crippen molar-refractivity contribution in [2.75, 3.05) is 6.54 Å². The highest BCUT2D eigenvalue weighted by Crippen LogP contribution is 2.32. The van der Waals surface area contributed by atoms with Gasteiger partial charge in [-0.05, 0) is 30.7 Å². The summed E-state index contributed by atoms with van der Waals surface area (Å²) in [6.07, 6.45) is -3.75. The summed E-state index contributed by atoms with van der Waals surface area (Å²) in [5.74, 6) is -1.25. The smallest absolute Gasteiger partial charge is 0.416 e. The molecule has 0 unspecified atom stereocenters. The van der Waals surface area contributed by atoms with Crippen molar-refractivity contribution in [1.82, 2.24) is 5.32 Å². The first-order valence-corrected chi connectivity index (χ1v) is 5.53. The van der Waals surface area contributed by atoms with Crippen molar-refractivity contribution in [1.29, 1.82) is 0 Å². The molecule has 2 N–H and O–H groups in total. The Balaban J connectivity index is 2.22. The molecule has 1 saturated heterocycles. The molecule has 0 amide bonds. The van der Waals surface area contributed by atoms with E-state index >= 15 is 0 Å². The van der Waals surface area contributed by atoms with Crippen molar-refractivity contribution in [3.05, 3.63) is 35.4 Å². The number of alkyl halides is 3. The van der Waals surface area contributed by atoms with Crippen LogP contribution in [-0.2, 0) is 11.0 Å². The van der Waals surface area contributed by atoms with E-state index in [2.05, 4.69) is 5.32 Å². The Bertz CT molecular complexity index is 442. The van der Waals surface area contributed by atoms with E-state index < -0.39 is 23.8 Å². The average Bonchev–Trinajstić information content (AvgIpc) is 2.77. The van der Waals surface area contributed by atoms with Gasteiger partial charge in [-0.1, -0.05) is 12.1 Å². The van der Waals surface area contributed by atoms with Gasteiger partial charge >= 0.3 is 12.1 Å². The van der Waals surface area contributed by atoms with Crippen LogP contribution in [0.2, 0.25) is 0 Å². The van der Waals surface area contributed by atoms with E-state index in [1.165, 1.54) is 12.1 Å². The van der Waals surface area contributed by atoms with Gasteiger partial charge in [-0.3, -0.25) is 4.79 Å². The van der Waals surface area contributed by atoms with Crippen molar-refractivity contribution in [3.63, 3.8) is 0 Å². The molecule has 1 aliphatic heterocycles. The molecule has 0 aliphatic carbocycles. The number of carbonyl (C=O) groups is 1. The van der Waals surface area contributed by atoms with E-state index in [1.54, 1.807) is 0 Å². The Morgan fingerprint density at radius 1 is 1.28 bits per heavy atom. The van der Waals surface area contributed by atoms with Crippen LogP contribution in [0.5, 0.6) is 0 Å². The molecule has 0 bridgehead atoms. The maximum atomic E-state index is 12.4. The summed E-state index contributed by atoms with van der Waals surface area (Å²) in [7, 11) is 0. The van der Waals surface area contributed by atoms with Crippen molar-refractivity contribution < 1.29 is 23.1 Å². The monoisotopic (exact) mass is 259 g/mol. The number of carboxylic acid groups (broad SMARTS) is 1. The molecule has 1 aromatic rings. The molecule has 6 heteroatoms. The minimum Gasteiger partial charge on any atom is -0.480 e. The molecule has 2 atom stereocenters. The Morgan fingerprint density at radius 2 is 1.89 bits per heavy atom. The first-order valence-electron chi connectivity index (χ1n) is 5.53. The fraction of sp³-hybridized carbons (Fsp3) is 0.417. The fourth-order valence-electron chi connectivity index (χ4n) is 2.24. The van der Waals surface area contributed by atoms with E-state index in [4.69, 9.17) is 5.11 Å². The van der Waals surface area contributed by atoms with Gasteiger partial charge in [-0.25, -0.2) is 0 Å². The van der Waals surface area contributed by atoms with Crippen molar-refractivity contribution in [2.45, 2.75) is 24.6 Å². The van der Waals surface area contributed by atoms with Crippen LogP contribution < -0.4 is 5.32 Å². The lowest BCUT2D eigenvalue weighted by atomic mass is 9.91. The molecule has 0 spiro atoms. The second-order valence-corrected chi connectivity index (χ2v) is 4.28. The lowest BCUT2D eigenvalue weighted by Crippen LogP contribution is -2.34. The molecule has 2 rings (SSSR count). The molecule has 0 radical (unpaired) electrons. The predicted octanol–water partition coefficient (Wildman–Crippen LogP) is 2.24. The van der Waals surface area contributed by atoms with Gasteiger partial charge in [-0.2, -0.15) is 13.2 Å².